The van der Waals surface area contributed by atoms with Gasteiger partial charge in [0.05, 0.1) is 17.6 Å². The normalized spacial score (nSPS) is 19.1. The molecule has 116 valence electrons. The van der Waals surface area contributed by atoms with Crippen LogP contribution >= 0.6 is 0 Å². The number of rotatable bonds is 6. The molecule has 0 aliphatic carbocycles. The molecule has 0 unspecified atom stereocenters. The van der Waals surface area contributed by atoms with Crippen LogP contribution in [-0.4, -0.2) is 40.2 Å². The fraction of sp³-hybridized carbons (Fsp3) is 0.600. The van der Waals surface area contributed by atoms with E-state index < -0.39 is 4.92 Å². The van der Waals surface area contributed by atoms with E-state index in [0.29, 0.717) is 12.3 Å². The van der Waals surface area contributed by atoms with Gasteiger partial charge in [-0.2, -0.15) is 0 Å². The number of aliphatic hydroxyl groups excluding tert-OH is 1. The smallest absolute Gasteiger partial charge is 0.270 e. The molecular weight excluding hydrogens is 272 g/mol. The minimum absolute atomic E-state index is 0.0115. The molecule has 1 atom stereocenters. The second-order valence-corrected chi connectivity index (χ2v) is 5.66. The number of hydrogen-bond acceptors (Lipinski definition) is 5. The third-order valence-electron chi connectivity index (χ3n) is 3.70. The Labute approximate surface area is 124 Å². The van der Waals surface area contributed by atoms with Crippen LogP contribution in [0.4, 0.5) is 5.69 Å². The van der Waals surface area contributed by atoms with E-state index in [0.717, 1.165) is 24.9 Å². The highest BCUT2D eigenvalue weighted by Gasteiger charge is 2.25. The Morgan fingerprint density at radius 3 is 2.90 bits per heavy atom. The number of likely N-dealkylation sites (tertiary alicyclic amines) is 1. The van der Waals surface area contributed by atoms with Crippen molar-refractivity contribution in [1.29, 1.82) is 0 Å². The Balaban J connectivity index is 2.25. The quantitative estimate of drug-likeness (QED) is 0.643. The van der Waals surface area contributed by atoms with Gasteiger partial charge in [-0.1, -0.05) is 0 Å². The maximum absolute atomic E-state index is 11.0. The van der Waals surface area contributed by atoms with Gasteiger partial charge in [0, 0.05) is 30.3 Å². The van der Waals surface area contributed by atoms with Crippen LogP contribution in [0, 0.1) is 10.1 Å². The number of non-ortho nitro benzene ring substituents is 1. The molecule has 0 aromatic heterocycles. The lowest BCUT2D eigenvalue weighted by molar-refractivity contribution is -0.385. The molecule has 1 aromatic carbocycles. The Bertz CT molecular complexity index is 504. The highest BCUT2D eigenvalue weighted by Crippen LogP contribution is 2.29. The molecule has 0 amide bonds. The summed E-state index contributed by atoms with van der Waals surface area (Å²) in [6.45, 7) is 5.44. The molecular formula is C15H22N2O4. The van der Waals surface area contributed by atoms with Gasteiger partial charge < -0.3 is 9.84 Å². The van der Waals surface area contributed by atoms with E-state index in [4.69, 9.17) is 4.74 Å². The van der Waals surface area contributed by atoms with Crippen molar-refractivity contribution < 1.29 is 14.8 Å². The summed E-state index contributed by atoms with van der Waals surface area (Å²) in [6, 6.07) is 4.84. The summed E-state index contributed by atoms with van der Waals surface area (Å²) in [7, 11) is 0. The van der Waals surface area contributed by atoms with Crippen molar-refractivity contribution in [3.05, 3.63) is 33.9 Å². The number of ether oxygens (including phenoxy) is 1. The standard InChI is InChI=1S/C15H22N2O4/c1-11(2)21-15-6-5-13(17(19)20)8-12(15)9-16-7-3-4-14(16)10-18/h5-6,8,11,14,18H,3-4,7,9-10H2,1-2H3/t14-/m0/s1. The van der Waals surface area contributed by atoms with Crippen molar-refractivity contribution in [2.75, 3.05) is 13.2 Å². The van der Waals surface area contributed by atoms with E-state index in [2.05, 4.69) is 4.90 Å². The zero-order valence-electron chi connectivity index (χ0n) is 12.5. The van der Waals surface area contributed by atoms with Gasteiger partial charge in [0.1, 0.15) is 5.75 Å². The number of aliphatic hydroxyl groups is 1. The summed E-state index contributed by atoms with van der Waals surface area (Å²) in [4.78, 5) is 12.7. The van der Waals surface area contributed by atoms with Crippen LogP contribution < -0.4 is 4.74 Å². The topological polar surface area (TPSA) is 75.8 Å². The minimum Gasteiger partial charge on any atom is -0.491 e. The second kappa shape index (κ2) is 6.87. The molecule has 0 bridgehead atoms. The zero-order chi connectivity index (χ0) is 15.4. The SMILES string of the molecule is CC(C)Oc1ccc([N+](=O)[O-])cc1CN1CCC[C@H]1CO. The Morgan fingerprint density at radius 2 is 2.29 bits per heavy atom. The van der Waals surface area contributed by atoms with Gasteiger partial charge in [-0.3, -0.25) is 15.0 Å². The molecule has 1 saturated heterocycles. The second-order valence-electron chi connectivity index (χ2n) is 5.66. The maximum atomic E-state index is 11.0. The van der Waals surface area contributed by atoms with E-state index in [1.165, 1.54) is 6.07 Å². The Kier molecular flexibility index (Phi) is 5.14. The van der Waals surface area contributed by atoms with Gasteiger partial charge in [-0.05, 0) is 39.3 Å². The van der Waals surface area contributed by atoms with Gasteiger partial charge in [-0.25, -0.2) is 0 Å². The van der Waals surface area contributed by atoms with Crippen LogP contribution in [0.2, 0.25) is 0 Å². The summed E-state index contributed by atoms with van der Waals surface area (Å²) in [6.07, 6.45) is 2.02. The molecule has 0 spiro atoms. The van der Waals surface area contributed by atoms with Gasteiger partial charge in [0.25, 0.3) is 5.69 Å². The van der Waals surface area contributed by atoms with Crippen molar-refractivity contribution in [2.24, 2.45) is 0 Å². The van der Waals surface area contributed by atoms with Crippen LogP contribution in [-0.2, 0) is 6.54 Å². The molecule has 1 aliphatic rings. The molecule has 1 aromatic rings. The highest BCUT2D eigenvalue weighted by atomic mass is 16.6. The average Bonchev–Trinajstić information content (AvgIpc) is 2.87. The zero-order valence-corrected chi connectivity index (χ0v) is 12.5. The van der Waals surface area contributed by atoms with Crippen molar-refractivity contribution in [3.8, 4) is 5.75 Å². The van der Waals surface area contributed by atoms with Gasteiger partial charge in [0.2, 0.25) is 0 Å². The predicted molar refractivity (Wildman–Crippen MR) is 79.4 cm³/mol. The predicted octanol–water partition coefficient (Wildman–Crippen LogP) is 2.34. The van der Waals surface area contributed by atoms with Crippen LogP contribution in [0.3, 0.4) is 0 Å². The van der Waals surface area contributed by atoms with Crippen molar-refractivity contribution >= 4 is 5.69 Å². The summed E-state index contributed by atoms with van der Waals surface area (Å²) in [5.41, 5.74) is 0.874. The van der Waals surface area contributed by atoms with Crippen LogP contribution in [0.15, 0.2) is 18.2 Å². The van der Waals surface area contributed by atoms with E-state index in [1.807, 2.05) is 13.8 Å². The lowest BCUT2D eigenvalue weighted by Crippen LogP contribution is -2.31. The van der Waals surface area contributed by atoms with Crippen molar-refractivity contribution in [3.63, 3.8) is 0 Å². The summed E-state index contributed by atoms with van der Waals surface area (Å²) < 4.78 is 5.75. The number of hydrogen-bond donors (Lipinski definition) is 1. The monoisotopic (exact) mass is 294 g/mol. The lowest BCUT2D eigenvalue weighted by atomic mass is 10.1. The average molecular weight is 294 g/mol. The Morgan fingerprint density at radius 1 is 1.52 bits per heavy atom. The van der Waals surface area contributed by atoms with Gasteiger partial charge in [0.15, 0.2) is 0 Å². The lowest BCUT2D eigenvalue weighted by Gasteiger charge is -2.24. The number of nitrogens with zero attached hydrogens (tertiary/aromatic N) is 2. The summed E-state index contributed by atoms with van der Waals surface area (Å²) >= 11 is 0. The van der Waals surface area contributed by atoms with Crippen molar-refractivity contribution in [1.82, 2.24) is 4.90 Å². The molecule has 1 fully saturated rings. The Hall–Kier alpha value is -1.66. The van der Waals surface area contributed by atoms with Gasteiger partial charge >= 0.3 is 0 Å². The molecule has 1 aliphatic heterocycles. The third kappa shape index (κ3) is 3.92. The molecule has 2 rings (SSSR count). The van der Waals surface area contributed by atoms with E-state index in [-0.39, 0.29) is 24.4 Å². The van der Waals surface area contributed by atoms with Gasteiger partial charge in [-0.15, -0.1) is 0 Å². The van der Waals surface area contributed by atoms with E-state index in [1.54, 1.807) is 12.1 Å². The fourth-order valence-electron chi connectivity index (χ4n) is 2.70. The first kappa shape index (κ1) is 15.7. The first-order valence-electron chi connectivity index (χ1n) is 7.30. The molecule has 1 heterocycles. The third-order valence-corrected chi connectivity index (χ3v) is 3.70. The van der Waals surface area contributed by atoms with Crippen LogP contribution in [0.5, 0.6) is 5.75 Å². The molecule has 1 N–H and O–H groups in total. The molecule has 6 heteroatoms. The van der Waals surface area contributed by atoms with E-state index in [9.17, 15) is 15.2 Å². The largest absolute Gasteiger partial charge is 0.491 e. The van der Waals surface area contributed by atoms with E-state index >= 15 is 0 Å². The van der Waals surface area contributed by atoms with Crippen LogP contribution in [0.25, 0.3) is 0 Å². The number of nitro benzene ring substituents is 1. The molecule has 6 nitrogen and oxygen atoms in total. The highest BCUT2D eigenvalue weighted by molar-refractivity contribution is 5.44. The summed E-state index contributed by atoms with van der Waals surface area (Å²) in [5.74, 6) is 0.680. The first-order chi connectivity index (χ1) is 10.0. The molecule has 0 saturated carbocycles. The fourth-order valence-corrected chi connectivity index (χ4v) is 2.70. The molecule has 0 radical (unpaired) electrons. The number of benzene rings is 1. The van der Waals surface area contributed by atoms with Crippen molar-refractivity contribution in [2.45, 2.75) is 45.4 Å². The van der Waals surface area contributed by atoms with Crippen LogP contribution in [0.1, 0.15) is 32.3 Å². The number of nitro groups is 1. The minimum atomic E-state index is -0.393. The first-order valence-corrected chi connectivity index (χ1v) is 7.30. The maximum Gasteiger partial charge on any atom is 0.270 e. The molecule has 21 heavy (non-hydrogen) atoms. The summed E-state index contributed by atoms with van der Waals surface area (Å²) in [5, 5.41) is 20.3.